The number of thiazole rings is 1. The average molecular weight is 577 g/mol. The summed E-state index contributed by atoms with van der Waals surface area (Å²) >= 11 is 1.27. The van der Waals surface area contributed by atoms with Crippen LogP contribution in [0.1, 0.15) is 29.7 Å². The van der Waals surface area contributed by atoms with Crippen LogP contribution in [-0.2, 0) is 9.53 Å². The second kappa shape index (κ2) is 11.5. The van der Waals surface area contributed by atoms with Gasteiger partial charge in [0.15, 0.2) is 4.80 Å². The quantitative estimate of drug-likeness (QED) is 0.252. The molecule has 0 radical (unpaired) electrons. The van der Waals surface area contributed by atoms with E-state index in [0.717, 1.165) is 21.9 Å². The van der Waals surface area contributed by atoms with Crippen molar-refractivity contribution < 1.29 is 19.0 Å². The van der Waals surface area contributed by atoms with Crippen LogP contribution in [0.2, 0.25) is 0 Å². The third-order valence-corrected chi connectivity index (χ3v) is 8.17. The molecule has 1 aromatic heterocycles. The van der Waals surface area contributed by atoms with Gasteiger partial charge in [-0.1, -0.05) is 84.1 Å². The lowest BCUT2D eigenvalue weighted by molar-refractivity contribution is -0.138. The van der Waals surface area contributed by atoms with Gasteiger partial charge in [0, 0.05) is 11.1 Å². The van der Waals surface area contributed by atoms with Crippen LogP contribution in [0.15, 0.2) is 106 Å². The second-order valence-corrected chi connectivity index (χ2v) is 10.6. The summed E-state index contributed by atoms with van der Waals surface area (Å²) in [5, 5.41) is 1.81. The third kappa shape index (κ3) is 4.80. The van der Waals surface area contributed by atoms with Crippen LogP contribution < -0.4 is 24.4 Å². The van der Waals surface area contributed by atoms with Gasteiger partial charge >= 0.3 is 5.97 Å². The van der Waals surface area contributed by atoms with Crippen LogP contribution in [-0.4, -0.2) is 31.4 Å². The Morgan fingerprint density at radius 2 is 1.74 bits per heavy atom. The van der Waals surface area contributed by atoms with Crippen molar-refractivity contribution in [2.24, 2.45) is 4.99 Å². The second-order valence-electron chi connectivity index (χ2n) is 9.61. The van der Waals surface area contributed by atoms with Crippen LogP contribution >= 0.6 is 11.3 Å². The Hall–Kier alpha value is -4.95. The maximum atomic E-state index is 14.3. The summed E-state index contributed by atoms with van der Waals surface area (Å²) in [4.78, 5) is 33.6. The zero-order valence-corrected chi connectivity index (χ0v) is 24.2. The number of methoxy groups -OCH3 is 2. The molecule has 5 aromatic rings. The molecule has 0 spiro atoms. The Labute approximate surface area is 246 Å². The number of rotatable bonds is 7. The number of hydrogen-bond acceptors (Lipinski definition) is 7. The van der Waals surface area contributed by atoms with Gasteiger partial charge in [0.25, 0.3) is 5.56 Å². The zero-order valence-electron chi connectivity index (χ0n) is 23.4. The minimum Gasteiger partial charge on any atom is -0.497 e. The topological polar surface area (TPSA) is 79.1 Å². The number of fused-ring (bicyclic) bond motifs is 2. The molecular weight excluding hydrogens is 548 g/mol. The fraction of sp³-hybridized carbons (Fsp3) is 0.147. The van der Waals surface area contributed by atoms with Gasteiger partial charge in [-0.3, -0.25) is 9.36 Å². The maximum absolute atomic E-state index is 14.3. The van der Waals surface area contributed by atoms with E-state index in [1.807, 2.05) is 97.1 Å². The number of nitrogens with zero attached hydrogens (tertiary/aromatic N) is 2. The molecule has 8 heteroatoms. The first-order chi connectivity index (χ1) is 20.5. The van der Waals surface area contributed by atoms with E-state index in [2.05, 4.69) is 0 Å². The monoisotopic (exact) mass is 576 g/mol. The number of ether oxygens (including phenoxy) is 3. The lowest BCUT2D eigenvalue weighted by Gasteiger charge is -2.28. The smallest absolute Gasteiger partial charge is 0.338 e. The average Bonchev–Trinajstić information content (AvgIpc) is 3.34. The molecule has 0 fully saturated rings. The summed E-state index contributed by atoms with van der Waals surface area (Å²) in [6.07, 6.45) is 1.82. The first-order valence-corrected chi connectivity index (χ1v) is 14.3. The summed E-state index contributed by atoms with van der Waals surface area (Å²) in [7, 11) is 3.19. The van der Waals surface area contributed by atoms with E-state index in [-0.39, 0.29) is 17.7 Å². The number of carbonyl (C=O) groups excluding carboxylic acids is 1. The molecule has 7 nitrogen and oxygen atoms in total. The Morgan fingerprint density at radius 3 is 2.50 bits per heavy atom. The van der Waals surface area contributed by atoms with Crippen molar-refractivity contribution >= 4 is 39.9 Å². The van der Waals surface area contributed by atoms with E-state index >= 15 is 0 Å². The van der Waals surface area contributed by atoms with E-state index in [4.69, 9.17) is 19.2 Å². The van der Waals surface area contributed by atoms with Crippen molar-refractivity contribution in [2.45, 2.75) is 13.0 Å². The molecule has 42 heavy (non-hydrogen) atoms. The Balaban J connectivity index is 1.74. The number of benzene rings is 4. The van der Waals surface area contributed by atoms with Gasteiger partial charge in [-0.05, 0) is 47.5 Å². The van der Waals surface area contributed by atoms with Crippen LogP contribution in [0, 0.1) is 0 Å². The van der Waals surface area contributed by atoms with Gasteiger partial charge in [-0.25, -0.2) is 9.79 Å². The van der Waals surface area contributed by atoms with Crippen molar-refractivity contribution in [3.05, 3.63) is 133 Å². The van der Waals surface area contributed by atoms with Gasteiger partial charge in [-0.15, -0.1) is 0 Å². The molecule has 2 heterocycles. The molecule has 0 N–H and O–H groups in total. The van der Waals surface area contributed by atoms with E-state index in [9.17, 15) is 9.59 Å². The Kier molecular flexibility index (Phi) is 7.46. The Bertz CT molecular complexity index is 2020. The van der Waals surface area contributed by atoms with E-state index in [1.54, 1.807) is 25.7 Å². The van der Waals surface area contributed by atoms with Crippen molar-refractivity contribution in [1.29, 1.82) is 0 Å². The van der Waals surface area contributed by atoms with Gasteiger partial charge in [0.2, 0.25) is 0 Å². The first-order valence-electron chi connectivity index (χ1n) is 13.5. The highest BCUT2D eigenvalue weighted by Crippen LogP contribution is 2.42. The molecular formula is C34H28N2O5S. The molecule has 0 unspecified atom stereocenters. The summed E-state index contributed by atoms with van der Waals surface area (Å²) in [5.41, 5.74) is 2.72. The standard InChI is InChI=1S/C34H28N2O5S/c1-4-41-33(38)29-30(23-13-6-5-7-14-23)35-34-36(32(37)27(42-34)20-21-11-10-15-24(19-21)39-2)31(29)28-25-16-9-8-12-22(25)17-18-26(28)40-3/h5-20,31H,4H2,1-3H3/b27-20-/t31-/m0/s1. The minimum absolute atomic E-state index is 0.171. The van der Waals surface area contributed by atoms with Crippen molar-refractivity contribution in [2.75, 3.05) is 20.8 Å². The summed E-state index contributed by atoms with van der Waals surface area (Å²) in [6.45, 7) is 1.93. The Morgan fingerprint density at radius 1 is 0.952 bits per heavy atom. The number of aromatic nitrogens is 1. The van der Waals surface area contributed by atoms with Crippen LogP contribution in [0.3, 0.4) is 0 Å². The highest BCUT2D eigenvalue weighted by molar-refractivity contribution is 7.07. The van der Waals surface area contributed by atoms with Crippen molar-refractivity contribution in [3.8, 4) is 11.5 Å². The molecule has 1 aliphatic heterocycles. The molecule has 0 bridgehead atoms. The maximum Gasteiger partial charge on any atom is 0.338 e. The van der Waals surface area contributed by atoms with E-state index in [0.29, 0.717) is 32.1 Å². The molecule has 4 aromatic carbocycles. The predicted molar refractivity (Wildman–Crippen MR) is 165 cm³/mol. The minimum atomic E-state index is -0.857. The largest absolute Gasteiger partial charge is 0.497 e. The fourth-order valence-corrected chi connectivity index (χ4v) is 6.33. The summed E-state index contributed by atoms with van der Waals surface area (Å²) in [6, 6.07) is 27.8. The number of carbonyl (C=O) groups is 1. The highest BCUT2D eigenvalue weighted by atomic mass is 32.1. The van der Waals surface area contributed by atoms with Gasteiger partial charge in [0.1, 0.15) is 17.5 Å². The first kappa shape index (κ1) is 27.2. The highest BCUT2D eigenvalue weighted by Gasteiger charge is 2.37. The summed E-state index contributed by atoms with van der Waals surface area (Å²) in [5.74, 6) is 0.699. The van der Waals surface area contributed by atoms with Gasteiger partial charge in [0.05, 0.1) is 36.6 Å². The molecule has 0 amide bonds. The van der Waals surface area contributed by atoms with Crippen LogP contribution in [0.5, 0.6) is 11.5 Å². The van der Waals surface area contributed by atoms with Gasteiger partial charge in [-0.2, -0.15) is 0 Å². The normalized spacial score (nSPS) is 14.8. The van der Waals surface area contributed by atoms with E-state index in [1.165, 1.54) is 11.3 Å². The van der Waals surface area contributed by atoms with E-state index < -0.39 is 12.0 Å². The molecule has 210 valence electrons. The molecule has 0 saturated heterocycles. The van der Waals surface area contributed by atoms with Crippen LogP contribution in [0.25, 0.3) is 22.5 Å². The van der Waals surface area contributed by atoms with Gasteiger partial charge < -0.3 is 14.2 Å². The van der Waals surface area contributed by atoms with Crippen molar-refractivity contribution in [3.63, 3.8) is 0 Å². The van der Waals surface area contributed by atoms with Crippen molar-refractivity contribution in [1.82, 2.24) is 4.57 Å². The fourth-order valence-electron chi connectivity index (χ4n) is 5.33. The predicted octanol–water partition coefficient (Wildman–Crippen LogP) is 5.11. The zero-order chi connectivity index (χ0) is 29.2. The lowest BCUT2D eigenvalue weighted by atomic mass is 9.89. The summed E-state index contributed by atoms with van der Waals surface area (Å²) < 4.78 is 19.0. The molecule has 6 rings (SSSR count). The third-order valence-electron chi connectivity index (χ3n) is 7.19. The number of hydrogen-bond donors (Lipinski definition) is 0. The molecule has 1 aliphatic rings. The molecule has 0 aliphatic carbocycles. The lowest BCUT2D eigenvalue weighted by Crippen LogP contribution is -2.40. The van der Waals surface area contributed by atoms with Crippen LogP contribution in [0.4, 0.5) is 0 Å². The molecule has 0 saturated carbocycles. The molecule has 1 atom stereocenters. The SMILES string of the molecule is CCOC(=O)C1=C(c2ccccc2)N=c2s/c(=C\c3cccc(OC)c3)c(=O)n2[C@H]1c1c(OC)ccc2ccccc12. The number of esters is 1.